The summed E-state index contributed by atoms with van der Waals surface area (Å²) in [6, 6.07) is 1.76. The second-order valence-electron chi connectivity index (χ2n) is 10.1. The predicted octanol–water partition coefficient (Wildman–Crippen LogP) is 2.80. The highest BCUT2D eigenvalue weighted by atomic mass is 16.2. The molecule has 0 N–H and O–H groups in total. The second kappa shape index (κ2) is 8.81. The van der Waals surface area contributed by atoms with Gasteiger partial charge in [-0.1, -0.05) is 25.7 Å². The van der Waals surface area contributed by atoms with Crippen molar-refractivity contribution < 1.29 is 4.79 Å². The molecule has 3 unspecified atom stereocenters. The highest BCUT2D eigenvalue weighted by molar-refractivity contribution is 5.78. The van der Waals surface area contributed by atoms with E-state index in [2.05, 4.69) is 9.80 Å². The van der Waals surface area contributed by atoms with Crippen LogP contribution in [0, 0.1) is 11.8 Å². The number of amides is 1. The van der Waals surface area contributed by atoms with Gasteiger partial charge in [0, 0.05) is 44.6 Å². The first-order valence-electron chi connectivity index (χ1n) is 12.3. The molecule has 0 aromatic carbocycles. The topological polar surface area (TPSA) is 58.4 Å². The van der Waals surface area contributed by atoms with Gasteiger partial charge in [-0.2, -0.15) is 0 Å². The molecule has 1 amide bonds. The maximum atomic E-state index is 13.0. The number of aromatic nitrogens is 2. The Balaban J connectivity index is 1.19. The summed E-state index contributed by atoms with van der Waals surface area (Å²) < 4.78 is 1.88. The standard InChI is InChI=1S/C24H36N4O2/c29-23-14-21(25-22-8-2-1-5-11-28(22)23)20-9-12-26(15-20)17-24(30)27-13-10-18-6-3-4-7-19(18)16-27/h14,18-20H,1-13,15-17H2. The quantitative estimate of drug-likeness (QED) is 0.766. The summed E-state index contributed by atoms with van der Waals surface area (Å²) in [6.45, 7) is 5.03. The molecular weight excluding hydrogens is 376 g/mol. The predicted molar refractivity (Wildman–Crippen MR) is 116 cm³/mol. The summed E-state index contributed by atoms with van der Waals surface area (Å²) >= 11 is 0. The summed E-state index contributed by atoms with van der Waals surface area (Å²) in [6.07, 6.45) is 11.9. The first kappa shape index (κ1) is 20.2. The van der Waals surface area contributed by atoms with E-state index in [1.807, 2.05) is 4.57 Å². The van der Waals surface area contributed by atoms with E-state index < -0.39 is 0 Å². The van der Waals surface area contributed by atoms with E-state index in [-0.39, 0.29) is 11.5 Å². The first-order chi connectivity index (χ1) is 14.7. The van der Waals surface area contributed by atoms with E-state index in [0.29, 0.717) is 12.5 Å². The monoisotopic (exact) mass is 412 g/mol. The van der Waals surface area contributed by atoms with Crippen LogP contribution in [0.15, 0.2) is 10.9 Å². The minimum atomic E-state index is 0.113. The number of piperidine rings is 1. The Labute approximate surface area is 179 Å². The Morgan fingerprint density at radius 2 is 1.80 bits per heavy atom. The minimum Gasteiger partial charge on any atom is -0.341 e. The molecule has 1 saturated carbocycles. The van der Waals surface area contributed by atoms with Crippen molar-refractivity contribution in [1.82, 2.24) is 19.4 Å². The van der Waals surface area contributed by atoms with E-state index in [0.717, 1.165) is 81.8 Å². The van der Waals surface area contributed by atoms with Crippen molar-refractivity contribution in [2.24, 2.45) is 11.8 Å². The number of aryl methyl sites for hydroxylation is 1. The molecule has 1 aromatic heterocycles. The fraction of sp³-hybridized carbons (Fsp3) is 0.792. The summed E-state index contributed by atoms with van der Waals surface area (Å²) in [7, 11) is 0. The number of hydrogen-bond donors (Lipinski definition) is 0. The Morgan fingerprint density at radius 1 is 0.933 bits per heavy atom. The molecule has 4 heterocycles. The van der Waals surface area contributed by atoms with Gasteiger partial charge in [0.1, 0.15) is 5.82 Å². The Hall–Kier alpha value is -1.69. The van der Waals surface area contributed by atoms with Gasteiger partial charge in [0.25, 0.3) is 5.56 Å². The van der Waals surface area contributed by atoms with E-state index in [1.54, 1.807) is 6.07 Å². The lowest BCUT2D eigenvalue weighted by atomic mass is 9.75. The molecule has 3 aliphatic heterocycles. The van der Waals surface area contributed by atoms with Crippen molar-refractivity contribution in [2.45, 2.75) is 76.7 Å². The van der Waals surface area contributed by atoms with Crippen LogP contribution in [0.4, 0.5) is 0 Å². The van der Waals surface area contributed by atoms with Crippen LogP contribution in [0.1, 0.15) is 75.2 Å². The molecular formula is C24H36N4O2. The summed E-state index contributed by atoms with van der Waals surface area (Å²) in [5.74, 6) is 3.15. The molecule has 3 fully saturated rings. The number of carbonyl (C=O) groups excluding carboxylic acids is 1. The van der Waals surface area contributed by atoms with Crippen LogP contribution in [0.2, 0.25) is 0 Å². The lowest BCUT2D eigenvalue weighted by Crippen LogP contribution is -2.48. The third-order valence-corrected chi connectivity index (χ3v) is 8.08. The van der Waals surface area contributed by atoms with Crippen molar-refractivity contribution in [3.63, 3.8) is 0 Å². The lowest BCUT2D eigenvalue weighted by molar-refractivity contribution is -0.135. The number of likely N-dealkylation sites (tertiary alicyclic amines) is 2. The van der Waals surface area contributed by atoms with Crippen LogP contribution in [-0.4, -0.2) is 58.0 Å². The maximum absolute atomic E-state index is 13.0. The molecule has 4 aliphatic rings. The number of rotatable bonds is 3. The van der Waals surface area contributed by atoms with Crippen molar-refractivity contribution in [1.29, 1.82) is 0 Å². The van der Waals surface area contributed by atoms with Crippen molar-refractivity contribution in [3.05, 3.63) is 27.9 Å². The molecule has 1 aliphatic carbocycles. The highest BCUT2D eigenvalue weighted by Crippen LogP contribution is 2.36. The molecule has 0 radical (unpaired) electrons. The molecule has 6 heteroatoms. The third kappa shape index (κ3) is 4.20. The molecule has 5 rings (SSSR count). The zero-order valence-corrected chi connectivity index (χ0v) is 18.2. The van der Waals surface area contributed by atoms with Gasteiger partial charge < -0.3 is 4.90 Å². The molecule has 164 valence electrons. The summed E-state index contributed by atoms with van der Waals surface area (Å²) in [5.41, 5.74) is 1.06. The van der Waals surface area contributed by atoms with Crippen LogP contribution in [-0.2, 0) is 17.8 Å². The first-order valence-corrected chi connectivity index (χ1v) is 12.3. The van der Waals surface area contributed by atoms with Crippen LogP contribution < -0.4 is 5.56 Å². The fourth-order valence-corrected chi connectivity index (χ4v) is 6.28. The molecule has 2 saturated heterocycles. The second-order valence-corrected chi connectivity index (χ2v) is 10.1. The van der Waals surface area contributed by atoms with Gasteiger partial charge >= 0.3 is 0 Å². The minimum absolute atomic E-state index is 0.113. The molecule has 0 bridgehead atoms. The van der Waals surface area contributed by atoms with Crippen LogP contribution in [0.5, 0.6) is 0 Å². The fourth-order valence-electron chi connectivity index (χ4n) is 6.28. The van der Waals surface area contributed by atoms with Crippen molar-refractivity contribution in [2.75, 3.05) is 32.7 Å². The zero-order valence-electron chi connectivity index (χ0n) is 18.2. The molecule has 30 heavy (non-hydrogen) atoms. The molecule has 0 spiro atoms. The lowest BCUT2D eigenvalue weighted by Gasteiger charge is -2.41. The smallest absolute Gasteiger partial charge is 0.253 e. The summed E-state index contributed by atoms with van der Waals surface area (Å²) in [4.78, 5) is 34.9. The number of carbonyl (C=O) groups is 1. The maximum Gasteiger partial charge on any atom is 0.253 e. The van der Waals surface area contributed by atoms with Gasteiger partial charge in [-0.3, -0.25) is 19.1 Å². The van der Waals surface area contributed by atoms with E-state index in [9.17, 15) is 9.59 Å². The van der Waals surface area contributed by atoms with Gasteiger partial charge in [0.2, 0.25) is 5.91 Å². The van der Waals surface area contributed by atoms with Crippen molar-refractivity contribution >= 4 is 5.91 Å². The van der Waals surface area contributed by atoms with Gasteiger partial charge in [0.15, 0.2) is 0 Å². The average Bonchev–Trinajstić information content (AvgIpc) is 3.09. The van der Waals surface area contributed by atoms with Crippen LogP contribution in [0.25, 0.3) is 0 Å². The number of hydrogen-bond acceptors (Lipinski definition) is 4. The Bertz CT molecular complexity index is 835. The van der Waals surface area contributed by atoms with Gasteiger partial charge in [-0.05, 0) is 50.5 Å². The van der Waals surface area contributed by atoms with Crippen LogP contribution >= 0.6 is 0 Å². The Kier molecular flexibility index (Phi) is 5.94. The number of fused-ring (bicyclic) bond motifs is 2. The highest BCUT2D eigenvalue weighted by Gasteiger charge is 2.34. The molecule has 1 aromatic rings. The Morgan fingerprint density at radius 3 is 2.70 bits per heavy atom. The normalized spacial score (nSPS) is 29.9. The zero-order chi connectivity index (χ0) is 20.5. The van der Waals surface area contributed by atoms with E-state index in [1.165, 1.54) is 38.5 Å². The SMILES string of the molecule is O=C(CN1CCC(c2cc(=O)n3c(n2)CCCCC3)C1)N1CCC2CCCCC2C1. The summed E-state index contributed by atoms with van der Waals surface area (Å²) in [5, 5.41) is 0. The number of nitrogens with zero attached hydrogens (tertiary/aromatic N) is 4. The van der Waals surface area contributed by atoms with Crippen molar-refractivity contribution in [3.8, 4) is 0 Å². The van der Waals surface area contributed by atoms with Gasteiger partial charge in [-0.25, -0.2) is 4.98 Å². The van der Waals surface area contributed by atoms with Gasteiger partial charge in [0.05, 0.1) is 12.2 Å². The van der Waals surface area contributed by atoms with Crippen LogP contribution in [0.3, 0.4) is 0 Å². The van der Waals surface area contributed by atoms with Gasteiger partial charge in [-0.15, -0.1) is 0 Å². The average molecular weight is 413 g/mol. The van der Waals surface area contributed by atoms with E-state index in [4.69, 9.17) is 4.98 Å². The molecule has 3 atom stereocenters. The molecule has 6 nitrogen and oxygen atoms in total. The largest absolute Gasteiger partial charge is 0.341 e. The third-order valence-electron chi connectivity index (χ3n) is 8.08. The van der Waals surface area contributed by atoms with E-state index >= 15 is 0 Å².